The number of carbonyl (C=O) groups is 1. The fraction of sp³-hybridized carbons (Fsp3) is 0.222. The van der Waals surface area contributed by atoms with Gasteiger partial charge in [-0.2, -0.15) is 0 Å². The molecule has 0 unspecified atom stereocenters. The van der Waals surface area contributed by atoms with Crippen LogP contribution < -0.4 is 0 Å². The van der Waals surface area contributed by atoms with Gasteiger partial charge in [0.15, 0.2) is 0 Å². The standard InChI is InChI=1S/C9H7Cl3O/c10-7-3-1-6(5-8(7)11)2-4-9(12)13/h1,3,5H,2,4H2. The second-order valence-electron chi connectivity index (χ2n) is 2.60. The fourth-order valence-electron chi connectivity index (χ4n) is 0.938. The molecule has 13 heavy (non-hydrogen) atoms. The van der Waals surface area contributed by atoms with E-state index in [-0.39, 0.29) is 5.24 Å². The third-order valence-electron chi connectivity index (χ3n) is 1.59. The molecule has 4 heteroatoms. The van der Waals surface area contributed by atoms with Crippen LogP contribution in [0.15, 0.2) is 18.2 Å². The van der Waals surface area contributed by atoms with Crippen molar-refractivity contribution in [2.45, 2.75) is 12.8 Å². The number of benzene rings is 1. The van der Waals surface area contributed by atoms with Crippen molar-refractivity contribution in [1.82, 2.24) is 0 Å². The molecule has 0 N–H and O–H groups in total. The summed E-state index contributed by atoms with van der Waals surface area (Å²) in [4.78, 5) is 10.5. The third kappa shape index (κ3) is 3.55. The highest BCUT2D eigenvalue weighted by atomic mass is 35.5. The summed E-state index contributed by atoms with van der Waals surface area (Å²) in [5.74, 6) is 0. The Morgan fingerprint density at radius 1 is 1.23 bits per heavy atom. The van der Waals surface area contributed by atoms with Crippen LogP contribution in [0.4, 0.5) is 0 Å². The summed E-state index contributed by atoms with van der Waals surface area (Å²) in [6.45, 7) is 0. The van der Waals surface area contributed by atoms with Crippen LogP contribution in [-0.2, 0) is 11.2 Å². The van der Waals surface area contributed by atoms with Gasteiger partial charge in [0.25, 0.3) is 0 Å². The number of carbonyl (C=O) groups excluding carboxylic acids is 1. The third-order valence-corrected chi connectivity index (χ3v) is 2.52. The molecule has 0 spiro atoms. The molecule has 1 nitrogen and oxygen atoms in total. The molecule has 0 aliphatic heterocycles. The van der Waals surface area contributed by atoms with Gasteiger partial charge in [-0.25, -0.2) is 0 Å². The van der Waals surface area contributed by atoms with Gasteiger partial charge < -0.3 is 0 Å². The van der Waals surface area contributed by atoms with Crippen molar-refractivity contribution in [2.75, 3.05) is 0 Å². The van der Waals surface area contributed by atoms with E-state index in [2.05, 4.69) is 0 Å². The minimum absolute atomic E-state index is 0.319. The Morgan fingerprint density at radius 3 is 2.46 bits per heavy atom. The van der Waals surface area contributed by atoms with Gasteiger partial charge in [-0.1, -0.05) is 29.3 Å². The van der Waals surface area contributed by atoms with Gasteiger partial charge in [0.1, 0.15) is 0 Å². The van der Waals surface area contributed by atoms with Crippen molar-refractivity contribution >= 4 is 40.0 Å². The van der Waals surface area contributed by atoms with Gasteiger partial charge >= 0.3 is 0 Å². The second kappa shape index (κ2) is 4.85. The molecule has 70 valence electrons. The first-order valence-corrected chi connectivity index (χ1v) is 4.85. The van der Waals surface area contributed by atoms with E-state index < -0.39 is 0 Å². The molecule has 1 aromatic rings. The molecular formula is C9H7Cl3O. The maximum Gasteiger partial charge on any atom is 0.221 e. The molecule has 0 aromatic heterocycles. The van der Waals surface area contributed by atoms with Crippen LogP contribution in [-0.4, -0.2) is 5.24 Å². The zero-order chi connectivity index (χ0) is 9.84. The Hall–Kier alpha value is -0.240. The van der Waals surface area contributed by atoms with E-state index in [4.69, 9.17) is 34.8 Å². The Kier molecular flexibility index (Phi) is 4.04. The molecular weight excluding hydrogens is 230 g/mol. The van der Waals surface area contributed by atoms with E-state index in [1.165, 1.54) is 0 Å². The lowest BCUT2D eigenvalue weighted by Crippen LogP contribution is -1.91. The summed E-state index contributed by atoms with van der Waals surface area (Å²) in [5, 5.41) is 0.676. The van der Waals surface area contributed by atoms with Crippen molar-refractivity contribution < 1.29 is 4.79 Å². The van der Waals surface area contributed by atoms with Gasteiger partial charge in [-0.05, 0) is 35.7 Å². The summed E-state index contributed by atoms with van der Waals surface area (Å²) in [7, 11) is 0. The first-order chi connectivity index (χ1) is 6.09. The van der Waals surface area contributed by atoms with Crippen LogP contribution in [0.5, 0.6) is 0 Å². The van der Waals surface area contributed by atoms with Crippen molar-refractivity contribution in [2.24, 2.45) is 0 Å². The van der Waals surface area contributed by atoms with Crippen LogP contribution >= 0.6 is 34.8 Å². The van der Waals surface area contributed by atoms with Gasteiger partial charge in [0, 0.05) is 6.42 Å². The van der Waals surface area contributed by atoms with E-state index in [9.17, 15) is 4.79 Å². The lowest BCUT2D eigenvalue weighted by Gasteiger charge is -2.00. The van der Waals surface area contributed by atoms with Crippen molar-refractivity contribution in [3.8, 4) is 0 Å². The van der Waals surface area contributed by atoms with E-state index in [0.717, 1.165) is 5.56 Å². The predicted molar refractivity (Wildman–Crippen MR) is 55.6 cm³/mol. The minimum atomic E-state index is -0.342. The smallest absolute Gasteiger partial charge is 0.221 e. The molecule has 0 aliphatic carbocycles. The SMILES string of the molecule is O=C(Cl)CCc1ccc(Cl)c(Cl)c1. The number of hydrogen-bond acceptors (Lipinski definition) is 1. The number of aryl methyl sites for hydroxylation is 1. The van der Waals surface area contributed by atoms with Crippen LogP contribution in [0.2, 0.25) is 10.0 Å². The normalized spacial score (nSPS) is 10.1. The quantitative estimate of drug-likeness (QED) is 0.733. The predicted octanol–water partition coefficient (Wildman–Crippen LogP) is 3.69. The average Bonchev–Trinajstić information content (AvgIpc) is 2.07. The topological polar surface area (TPSA) is 17.1 Å². The summed E-state index contributed by atoms with van der Waals surface area (Å²) in [6, 6.07) is 5.27. The van der Waals surface area contributed by atoms with Crippen molar-refractivity contribution in [3.05, 3.63) is 33.8 Å². The maximum atomic E-state index is 10.5. The van der Waals surface area contributed by atoms with Crippen LogP contribution in [0.3, 0.4) is 0 Å². The summed E-state index contributed by atoms with van der Waals surface area (Å²) in [6.07, 6.45) is 0.915. The lowest BCUT2D eigenvalue weighted by atomic mass is 10.1. The molecule has 0 bridgehead atoms. The lowest BCUT2D eigenvalue weighted by molar-refractivity contribution is -0.111. The number of hydrogen-bond donors (Lipinski definition) is 0. The summed E-state index contributed by atoms with van der Waals surface area (Å²) in [5.41, 5.74) is 0.961. The van der Waals surface area contributed by atoms with Crippen molar-refractivity contribution in [3.63, 3.8) is 0 Å². The largest absolute Gasteiger partial charge is 0.281 e. The zero-order valence-electron chi connectivity index (χ0n) is 6.69. The van der Waals surface area contributed by atoms with Gasteiger partial charge in [0.05, 0.1) is 10.0 Å². The van der Waals surface area contributed by atoms with Gasteiger partial charge in [-0.15, -0.1) is 0 Å². The molecule has 0 fully saturated rings. The first-order valence-electron chi connectivity index (χ1n) is 3.72. The summed E-state index contributed by atoms with van der Waals surface area (Å²) >= 11 is 16.7. The second-order valence-corrected chi connectivity index (χ2v) is 3.84. The van der Waals surface area contributed by atoms with E-state index in [0.29, 0.717) is 22.9 Å². The molecule has 0 heterocycles. The Morgan fingerprint density at radius 2 is 1.92 bits per heavy atom. The van der Waals surface area contributed by atoms with E-state index in [1.54, 1.807) is 12.1 Å². The molecule has 0 radical (unpaired) electrons. The molecule has 0 amide bonds. The molecule has 0 atom stereocenters. The van der Waals surface area contributed by atoms with Gasteiger partial charge in [-0.3, -0.25) is 4.79 Å². The fourth-order valence-corrected chi connectivity index (χ4v) is 1.35. The first kappa shape index (κ1) is 10.8. The maximum absolute atomic E-state index is 10.5. The highest BCUT2D eigenvalue weighted by Gasteiger charge is 2.01. The van der Waals surface area contributed by atoms with E-state index >= 15 is 0 Å². The van der Waals surface area contributed by atoms with E-state index in [1.807, 2.05) is 6.07 Å². The number of rotatable bonds is 3. The van der Waals surface area contributed by atoms with Crippen molar-refractivity contribution in [1.29, 1.82) is 0 Å². The Balaban J connectivity index is 2.68. The molecule has 0 aliphatic rings. The Labute approximate surface area is 91.6 Å². The minimum Gasteiger partial charge on any atom is -0.281 e. The molecule has 1 rings (SSSR count). The zero-order valence-corrected chi connectivity index (χ0v) is 8.96. The molecule has 0 saturated heterocycles. The van der Waals surface area contributed by atoms with Crippen LogP contribution in [0.25, 0.3) is 0 Å². The molecule has 1 aromatic carbocycles. The Bertz CT molecular complexity index is 323. The summed E-state index contributed by atoms with van der Waals surface area (Å²) < 4.78 is 0. The van der Waals surface area contributed by atoms with Crippen LogP contribution in [0.1, 0.15) is 12.0 Å². The van der Waals surface area contributed by atoms with Crippen LogP contribution in [0, 0.1) is 0 Å². The monoisotopic (exact) mass is 236 g/mol. The average molecular weight is 238 g/mol. The van der Waals surface area contributed by atoms with Gasteiger partial charge in [0.2, 0.25) is 5.24 Å². The highest BCUT2D eigenvalue weighted by Crippen LogP contribution is 2.23. The highest BCUT2D eigenvalue weighted by molar-refractivity contribution is 6.63. The number of halogens is 3. The molecule has 0 saturated carbocycles.